The topological polar surface area (TPSA) is 69.7 Å². The van der Waals surface area contributed by atoms with Crippen LogP contribution in [0.3, 0.4) is 0 Å². The van der Waals surface area contributed by atoms with Crippen LogP contribution in [-0.4, -0.2) is 53.2 Å². The number of piperidine rings is 1. The number of nitrogens with zero attached hydrogens (tertiary/aromatic N) is 2. The summed E-state index contributed by atoms with van der Waals surface area (Å²) in [7, 11) is 0. The van der Waals surface area contributed by atoms with Gasteiger partial charge in [0, 0.05) is 37.0 Å². The van der Waals surface area contributed by atoms with Gasteiger partial charge in [0.25, 0.3) is 0 Å². The highest BCUT2D eigenvalue weighted by molar-refractivity contribution is 7.10. The molecule has 2 aliphatic heterocycles. The third-order valence-electron chi connectivity index (χ3n) is 5.66. The molecule has 152 valence electrons. The lowest BCUT2D eigenvalue weighted by Gasteiger charge is -2.33. The van der Waals surface area contributed by atoms with E-state index < -0.39 is 6.04 Å². The van der Waals surface area contributed by atoms with Gasteiger partial charge in [0.1, 0.15) is 6.04 Å². The van der Waals surface area contributed by atoms with Gasteiger partial charge in [-0.2, -0.15) is 0 Å². The van der Waals surface area contributed by atoms with E-state index in [4.69, 9.17) is 0 Å². The third-order valence-corrected chi connectivity index (χ3v) is 6.69. The molecule has 3 amide bonds. The molecule has 1 fully saturated rings. The zero-order chi connectivity index (χ0) is 20.1. The summed E-state index contributed by atoms with van der Waals surface area (Å²) in [6.07, 6.45) is 4.93. The van der Waals surface area contributed by atoms with Crippen molar-refractivity contribution in [3.05, 3.63) is 34.5 Å². The highest BCUT2D eigenvalue weighted by Crippen LogP contribution is 2.25. The summed E-state index contributed by atoms with van der Waals surface area (Å²) < 4.78 is 0. The third kappa shape index (κ3) is 4.63. The molecule has 3 heterocycles. The molecule has 1 N–H and O–H groups in total. The Kier molecular flexibility index (Phi) is 6.88. The second-order valence-corrected chi connectivity index (χ2v) is 8.53. The van der Waals surface area contributed by atoms with Crippen LogP contribution in [0.5, 0.6) is 0 Å². The van der Waals surface area contributed by atoms with Crippen LogP contribution in [0.2, 0.25) is 0 Å². The van der Waals surface area contributed by atoms with Gasteiger partial charge in [0.2, 0.25) is 17.7 Å². The molecule has 2 aliphatic rings. The minimum Gasteiger partial charge on any atom is -0.344 e. The van der Waals surface area contributed by atoms with Gasteiger partial charge in [0.15, 0.2) is 0 Å². The van der Waals surface area contributed by atoms with E-state index in [1.165, 1.54) is 16.5 Å². The first-order chi connectivity index (χ1) is 13.5. The second-order valence-electron chi connectivity index (χ2n) is 7.53. The summed E-state index contributed by atoms with van der Waals surface area (Å²) in [5.74, 6) is -0.279. The Labute approximate surface area is 170 Å². The number of carbonyl (C=O) groups is 3. The Bertz CT molecular complexity index is 737. The highest BCUT2D eigenvalue weighted by Gasteiger charge is 2.32. The average molecular weight is 404 g/mol. The van der Waals surface area contributed by atoms with E-state index in [9.17, 15) is 14.4 Å². The van der Waals surface area contributed by atoms with Crippen molar-refractivity contribution in [2.24, 2.45) is 5.92 Å². The number of thiophene rings is 1. The maximum Gasteiger partial charge on any atom is 0.245 e. The Morgan fingerprint density at radius 2 is 2.04 bits per heavy atom. The fourth-order valence-electron chi connectivity index (χ4n) is 3.98. The van der Waals surface area contributed by atoms with Gasteiger partial charge in [0.05, 0.1) is 0 Å². The first-order valence-electron chi connectivity index (χ1n) is 10.1. The number of likely N-dealkylation sites (tertiary alicyclic amines) is 1. The van der Waals surface area contributed by atoms with Crippen molar-refractivity contribution in [1.29, 1.82) is 0 Å². The fraction of sp³-hybridized carbons (Fsp3) is 0.571. The standard InChI is InChI=1S/C21H29N3O3S/c1-3-5-17(21(27)24-12-8-18-16(14-24)9-13-28-18)22-20(26)15-6-10-23(11-7-15)19(25)4-2/h4,9,13,15,17H,2-3,5-8,10-12,14H2,1H3,(H,22,26). The molecule has 6 nitrogen and oxygen atoms in total. The van der Waals surface area contributed by atoms with Gasteiger partial charge in [-0.05, 0) is 48.8 Å². The van der Waals surface area contributed by atoms with Crippen LogP contribution in [0, 0.1) is 5.92 Å². The van der Waals surface area contributed by atoms with Crippen molar-refractivity contribution in [2.75, 3.05) is 19.6 Å². The lowest BCUT2D eigenvalue weighted by molar-refractivity contribution is -0.139. The molecule has 0 saturated carbocycles. The minimum atomic E-state index is -0.467. The van der Waals surface area contributed by atoms with Crippen LogP contribution in [0.15, 0.2) is 24.1 Å². The molecular formula is C21H29N3O3S. The molecule has 0 aromatic carbocycles. The molecule has 28 heavy (non-hydrogen) atoms. The SMILES string of the molecule is C=CC(=O)N1CCC(C(=O)NC(CCC)C(=O)N2CCc3sccc3C2)CC1. The van der Waals surface area contributed by atoms with E-state index >= 15 is 0 Å². The van der Waals surface area contributed by atoms with Crippen LogP contribution in [0.4, 0.5) is 0 Å². The van der Waals surface area contributed by atoms with Crippen molar-refractivity contribution in [3.8, 4) is 0 Å². The Hall–Kier alpha value is -2.15. The van der Waals surface area contributed by atoms with Gasteiger partial charge in [-0.25, -0.2) is 0 Å². The molecule has 1 saturated heterocycles. The van der Waals surface area contributed by atoms with Gasteiger partial charge >= 0.3 is 0 Å². The summed E-state index contributed by atoms with van der Waals surface area (Å²) in [4.78, 5) is 42.5. The quantitative estimate of drug-likeness (QED) is 0.741. The minimum absolute atomic E-state index is 0.0197. The molecule has 0 aliphatic carbocycles. The number of rotatable bonds is 6. The predicted octanol–water partition coefficient (Wildman–Crippen LogP) is 2.34. The van der Waals surface area contributed by atoms with Crippen LogP contribution in [-0.2, 0) is 27.3 Å². The van der Waals surface area contributed by atoms with E-state index in [1.54, 1.807) is 16.2 Å². The molecular weight excluding hydrogens is 374 g/mol. The smallest absolute Gasteiger partial charge is 0.245 e. The lowest BCUT2D eigenvalue weighted by Crippen LogP contribution is -2.52. The summed E-state index contributed by atoms with van der Waals surface area (Å²) >= 11 is 1.75. The zero-order valence-electron chi connectivity index (χ0n) is 16.5. The van der Waals surface area contributed by atoms with Crippen molar-refractivity contribution < 1.29 is 14.4 Å². The molecule has 7 heteroatoms. The number of amides is 3. The lowest BCUT2D eigenvalue weighted by atomic mass is 9.95. The van der Waals surface area contributed by atoms with Crippen LogP contribution >= 0.6 is 11.3 Å². The number of carbonyl (C=O) groups excluding carboxylic acids is 3. The molecule has 1 unspecified atom stereocenters. The molecule has 1 aromatic rings. The summed E-state index contributed by atoms with van der Waals surface area (Å²) in [6.45, 7) is 8.00. The molecule has 0 spiro atoms. The number of nitrogens with one attached hydrogen (secondary N) is 1. The molecule has 1 aromatic heterocycles. The van der Waals surface area contributed by atoms with Crippen molar-refractivity contribution in [3.63, 3.8) is 0 Å². The van der Waals surface area contributed by atoms with Crippen molar-refractivity contribution in [1.82, 2.24) is 15.1 Å². The Balaban J connectivity index is 1.57. The second kappa shape index (κ2) is 9.37. The van der Waals surface area contributed by atoms with E-state index in [1.807, 2.05) is 11.8 Å². The van der Waals surface area contributed by atoms with Crippen LogP contribution < -0.4 is 5.32 Å². The number of fused-ring (bicyclic) bond motifs is 1. The molecule has 0 bridgehead atoms. The predicted molar refractivity (Wildman–Crippen MR) is 110 cm³/mol. The van der Waals surface area contributed by atoms with Gasteiger partial charge in [-0.15, -0.1) is 11.3 Å². The first-order valence-corrected chi connectivity index (χ1v) is 11.0. The molecule has 3 rings (SSSR count). The molecule has 1 atom stereocenters. The number of hydrogen-bond acceptors (Lipinski definition) is 4. The Morgan fingerprint density at radius 1 is 1.29 bits per heavy atom. The van der Waals surface area contributed by atoms with Gasteiger partial charge in [-0.3, -0.25) is 14.4 Å². The average Bonchev–Trinajstić information content (AvgIpc) is 3.20. The first kappa shape index (κ1) is 20.6. The van der Waals surface area contributed by atoms with Crippen LogP contribution in [0.25, 0.3) is 0 Å². The fourth-order valence-corrected chi connectivity index (χ4v) is 4.87. The zero-order valence-corrected chi connectivity index (χ0v) is 17.3. The van der Waals surface area contributed by atoms with Gasteiger partial charge < -0.3 is 15.1 Å². The van der Waals surface area contributed by atoms with E-state index in [0.29, 0.717) is 45.4 Å². The normalized spacial score (nSPS) is 18.3. The molecule has 0 radical (unpaired) electrons. The maximum absolute atomic E-state index is 13.1. The largest absolute Gasteiger partial charge is 0.344 e. The summed E-state index contributed by atoms with van der Waals surface area (Å²) in [6, 6.07) is 1.62. The highest BCUT2D eigenvalue weighted by atomic mass is 32.1. The van der Waals surface area contributed by atoms with E-state index in [2.05, 4.69) is 23.3 Å². The Morgan fingerprint density at radius 3 is 2.71 bits per heavy atom. The van der Waals surface area contributed by atoms with Crippen LogP contribution in [0.1, 0.15) is 43.0 Å². The van der Waals surface area contributed by atoms with E-state index in [-0.39, 0.29) is 23.6 Å². The maximum atomic E-state index is 13.1. The monoisotopic (exact) mass is 403 g/mol. The van der Waals surface area contributed by atoms with Crippen molar-refractivity contribution in [2.45, 2.75) is 51.6 Å². The summed E-state index contributed by atoms with van der Waals surface area (Å²) in [5.41, 5.74) is 1.23. The van der Waals surface area contributed by atoms with Crippen molar-refractivity contribution >= 4 is 29.1 Å². The number of hydrogen-bond donors (Lipinski definition) is 1. The van der Waals surface area contributed by atoms with Gasteiger partial charge in [-0.1, -0.05) is 19.9 Å². The summed E-state index contributed by atoms with van der Waals surface area (Å²) in [5, 5.41) is 5.09. The van der Waals surface area contributed by atoms with E-state index in [0.717, 1.165) is 12.8 Å².